The van der Waals surface area contributed by atoms with E-state index in [0.29, 0.717) is 6.42 Å². The third kappa shape index (κ3) is 14.3. The third-order valence-corrected chi connectivity index (χ3v) is 9.34. The summed E-state index contributed by atoms with van der Waals surface area (Å²) in [5, 5.41) is 0. The van der Waals surface area contributed by atoms with Crippen molar-refractivity contribution >= 4 is 15.7 Å². The maximum absolute atomic E-state index is 11.1. The minimum atomic E-state index is -3.85. The zero-order valence-electron chi connectivity index (χ0n) is 19.1. The monoisotopic (exact) mass is 434 g/mol. The van der Waals surface area contributed by atoms with E-state index in [1.165, 1.54) is 83.1 Å². The average molecular weight is 435 g/mol. The number of hydrogen-bond donors (Lipinski definition) is 3. The van der Waals surface area contributed by atoms with Crippen LogP contribution in [0.15, 0.2) is 0 Å². The highest BCUT2D eigenvalue weighted by molar-refractivity contribution is 7.51. The van der Waals surface area contributed by atoms with Crippen LogP contribution in [0.4, 0.5) is 0 Å². The van der Waals surface area contributed by atoms with Gasteiger partial charge in [0, 0.05) is 33.5 Å². The molecule has 4 nitrogen and oxygen atoms in total. The summed E-state index contributed by atoms with van der Waals surface area (Å²) < 4.78 is 11.1. The predicted molar refractivity (Wildman–Crippen MR) is 123 cm³/mol. The van der Waals surface area contributed by atoms with Gasteiger partial charge in [-0.2, -0.15) is 0 Å². The van der Waals surface area contributed by atoms with Crippen molar-refractivity contribution in [3.05, 3.63) is 0 Å². The fraction of sp³-hybridized carbons (Fsp3) is 1.00. The van der Waals surface area contributed by atoms with E-state index in [0.717, 1.165) is 18.8 Å². The van der Waals surface area contributed by atoms with Gasteiger partial charge in [-0.25, -0.2) is 0 Å². The summed E-state index contributed by atoms with van der Waals surface area (Å²) in [7, 11) is -4.81. The largest absolute Gasteiger partial charge is 0.353 e. The molecule has 28 heavy (non-hydrogen) atoms. The zero-order chi connectivity index (χ0) is 21.1. The van der Waals surface area contributed by atoms with Crippen LogP contribution in [0.2, 0.25) is 25.7 Å². The molecule has 5 N–H and O–H groups in total. The predicted octanol–water partition coefficient (Wildman–Crippen LogP) is 5.96. The lowest BCUT2D eigenvalue weighted by molar-refractivity contribution is -0.484. The molecule has 1 aliphatic carbocycles. The molecular weight excluding hydrogens is 385 g/mol. The van der Waals surface area contributed by atoms with E-state index in [2.05, 4.69) is 25.4 Å². The normalized spacial score (nSPS) is 18.9. The fourth-order valence-electron chi connectivity index (χ4n) is 4.76. The molecule has 0 aromatic rings. The molecule has 0 aromatic carbocycles. The smallest absolute Gasteiger partial charge is 0.325 e. The maximum atomic E-state index is 11.1. The summed E-state index contributed by atoms with van der Waals surface area (Å²) in [5.74, 6) is 0.966. The lowest BCUT2D eigenvalue weighted by Crippen LogP contribution is -2.72. The molecular formula is C22H49NO3PSi+. The van der Waals surface area contributed by atoms with E-state index in [-0.39, 0.29) is 11.7 Å². The van der Waals surface area contributed by atoms with E-state index < -0.39 is 15.7 Å². The van der Waals surface area contributed by atoms with Crippen molar-refractivity contribution in [2.75, 3.05) is 6.16 Å². The number of rotatable bonds is 15. The first-order chi connectivity index (χ1) is 13.0. The van der Waals surface area contributed by atoms with E-state index >= 15 is 0 Å². The fourth-order valence-corrected chi connectivity index (χ4v) is 6.70. The highest BCUT2D eigenvalue weighted by atomic mass is 31.2. The highest BCUT2D eigenvalue weighted by Gasteiger charge is 2.28. The van der Waals surface area contributed by atoms with Gasteiger partial charge in [-0.15, -0.1) is 0 Å². The van der Waals surface area contributed by atoms with Crippen LogP contribution in [0.25, 0.3) is 0 Å². The van der Waals surface area contributed by atoms with Gasteiger partial charge in [-0.05, 0) is 31.6 Å². The molecule has 0 aliphatic heterocycles. The van der Waals surface area contributed by atoms with E-state index in [1.807, 2.05) is 0 Å². The van der Waals surface area contributed by atoms with Gasteiger partial charge >= 0.3 is 7.60 Å². The highest BCUT2D eigenvalue weighted by Crippen LogP contribution is 2.36. The summed E-state index contributed by atoms with van der Waals surface area (Å²) in [4.78, 5) is 18.2. The maximum Gasteiger partial charge on any atom is 0.325 e. The minimum absolute atomic E-state index is 0.0282. The number of hydrogen-bond acceptors (Lipinski definition) is 1. The van der Waals surface area contributed by atoms with Crippen molar-refractivity contribution in [1.29, 1.82) is 0 Å². The summed E-state index contributed by atoms with van der Waals surface area (Å²) in [6.07, 6.45) is 18.7. The van der Waals surface area contributed by atoms with Gasteiger partial charge < -0.3 is 15.5 Å². The lowest BCUT2D eigenvalue weighted by Gasteiger charge is -2.28. The average Bonchev–Trinajstić information content (AvgIpc) is 2.59. The molecule has 1 unspecified atom stereocenters. The third-order valence-electron chi connectivity index (χ3n) is 6.58. The Morgan fingerprint density at radius 1 is 0.893 bits per heavy atom. The van der Waals surface area contributed by atoms with Crippen LogP contribution in [-0.4, -0.2) is 29.6 Å². The molecule has 1 saturated carbocycles. The van der Waals surface area contributed by atoms with Gasteiger partial charge in [0.05, 0.1) is 5.54 Å². The van der Waals surface area contributed by atoms with E-state index in [4.69, 9.17) is 9.79 Å². The Balaban J connectivity index is 2.37. The van der Waals surface area contributed by atoms with Crippen LogP contribution >= 0.6 is 7.60 Å². The van der Waals surface area contributed by atoms with Gasteiger partial charge in [-0.1, -0.05) is 77.1 Å². The molecule has 0 spiro atoms. The Morgan fingerprint density at radius 2 is 1.43 bits per heavy atom. The number of unbranched alkanes of at least 4 members (excludes halogenated alkanes) is 3. The van der Waals surface area contributed by atoms with Gasteiger partial charge in [0.2, 0.25) is 0 Å². The molecule has 0 saturated heterocycles. The van der Waals surface area contributed by atoms with Crippen molar-refractivity contribution in [1.82, 2.24) is 0 Å². The Morgan fingerprint density at radius 3 is 1.96 bits per heavy atom. The zero-order valence-corrected chi connectivity index (χ0v) is 20.9. The first-order valence-electron chi connectivity index (χ1n) is 11.9. The molecule has 0 amide bonds. The van der Waals surface area contributed by atoms with E-state index in [1.54, 1.807) is 0 Å². The molecule has 6 heteroatoms. The molecule has 1 fully saturated rings. The second-order valence-corrected chi connectivity index (χ2v) is 18.3. The van der Waals surface area contributed by atoms with Crippen LogP contribution in [0.5, 0.6) is 0 Å². The molecule has 0 heterocycles. The summed E-state index contributed by atoms with van der Waals surface area (Å²) in [5.41, 5.74) is 4.75. The molecule has 0 radical (unpaired) electrons. The Hall–Kier alpha value is 0.327. The van der Waals surface area contributed by atoms with Crippen molar-refractivity contribution in [3.8, 4) is 0 Å². The first-order valence-corrected chi connectivity index (χ1v) is 17.4. The molecule has 0 bridgehead atoms. The van der Waals surface area contributed by atoms with Crippen LogP contribution in [-0.2, 0) is 4.57 Å². The summed E-state index contributed by atoms with van der Waals surface area (Å²) in [6, 6.07) is 1.39. The molecule has 1 rings (SSSR count). The summed E-state index contributed by atoms with van der Waals surface area (Å²) >= 11 is 0. The van der Waals surface area contributed by atoms with Crippen molar-refractivity contribution in [3.63, 3.8) is 0 Å². The van der Waals surface area contributed by atoms with Crippen LogP contribution in [0.1, 0.15) is 96.3 Å². The number of quaternary nitrogens is 1. The van der Waals surface area contributed by atoms with E-state index in [9.17, 15) is 4.57 Å². The molecule has 0 aromatic heterocycles. The van der Waals surface area contributed by atoms with Gasteiger partial charge in [-0.3, -0.25) is 4.57 Å². The van der Waals surface area contributed by atoms with Gasteiger partial charge in [0.25, 0.3) is 0 Å². The summed E-state index contributed by atoms with van der Waals surface area (Å²) in [6.45, 7) is 7.33. The minimum Gasteiger partial charge on any atom is -0.353 e. The van der Waals surface area contributed by atoms with Gasteiger partial charge in [0.15, 0.2) is 0 Å². The van der Waals surface area contributed by atoms with Crippen LogP contribution in [0, 0.1) is 5.92 Å². The van der Waals surface area contributed by atoms with Crippen molar-refractivity contribution in [2.24, 2.45) is 5.92 Å². The standard InChI is InChI=1S/C22H48NO3PSi/c1-28(2,3)20-12-10-18-22(23,17-9-11-19-27(24,25)26)16-8-7-15-21-13-5-4-6-14-21/h21H,4-20,23H2,1-3H3,(H2,24,25,26)/p+1. The molecule has 168 valence electrons. The second kappa shape index (κ2) is 12.9. The SMILES string of the molecule is C[Si](C)(C)CCCCC([NH3+])(CCCCC1CCCCC1)CCCCP(=O)(O)O. The lowest BCUT2D eigenvalue weighted by atomic mass is 9.81. The second-order valence-electron chi connectivity index (χ2n) is 10.9. The first kappa shape index (κ1) is 26.4. The van der Waals surface area contributed by atoms with Crippen LogP contribution < -0.4 is 5.73 Å². The Kier molecular flexibility index (Phi) is 12.1. The topological polar surface area (TPSA) is 85.2 Å². The Labute approximate surface area is 175 Å². The quantitative estimate of drug-likeness (QED) is 0.169. The van der Waals surface area contributed by atoms with Crippen LogP contribution in [0.3, 0.4) is 0 Å². The van der Waals surface area contributed by atoms with Crippen molar-refractivity contribution < 1.29 is 20.1 Å². The molecule has 1 aliphatic rings. The Bertz CT molecular complexity index is 457. The van der Waals surface area contributed by atoms with Gasteiger partial charge in [0.1, 0.15) is 0 Å². The van der Waals surface area contributed by atoms with Crippen molar-refractivity contribution in [2.45, 2.75) is 128 Å². The molecule has 1 atom stereocenters.